The molecule has 1 aliphatic heterocycles. The third kappa shape index (κ3) is 2.81. The van der Waals surface area contributed by atoms with Crippen molar-refractivity contribution in [2.45, 2.75) is 17.0 Å². The molecule has 1 fully saturated rings. The Morgan fingerprint density at radius 2 is 2.10 bits per heavy atom. The molecule has 11 heteroatoms. The first-order chi connectivity index (χ1) is 9.87. The van der Waals surface area contributed by atoms with Crippen LogP contribution in [0.3, 0.4) is 0 Å². The smallest absolute Gasteiger partial charge is 0.289 e. The molecule has 112 valence electrons. The number of nitro benzene ring substituents is 1. The van der Waals surface area contributed by atoms with E-state index < -0.39 is 37.7 Å². The lowest BCUT2D eigenvalue weighted by atomic mass is 10.2. The van der Waals surface area contributed by atoms with Gasteiger partial charge in [-0.25, -0.2) is 8.42 Å². The van der Waals surface area contributed by atoms with Crippen LogP contribution in [-0.4, -0.2) is 48.0 Å². The molecule has 0 spiro atoms. The number of sulfonamides is 1. The summed E-state index contributed by atoms with van der Waals surface area (Å²) in [6, 6.07) is 4.04. The fraction of sp³-hybridized carbons (Fsp3) is 0.400. The molecule has 1 aromatic rings. The number of para-hydroxylation sites is 1. The highest BCUT2D eigenvalue weighted by Crippen LogP contribution is 2.29. The van der Waals surface area contributed by atoms with E-state index in [-0.39, 0.29) is 13.1 Å². The average Bonchev–Trinajstić information content (AvgIpc) is 2.81. The Balaban J connectivity index is 2.41. The lowest BCUT2D eigenvalue weighted by Gasteiger charge is -2.15. The zero-order valence-corrected chi connectivity index (χ0v) is 11.4. The van der Waals surface area contributed by atoms with Crippen LogP contribution in [0, 0.1) is 10.1 Å². The van der Waals surface area contributed by atoms with Gasteiger partial charge < -0.3 is 5.11 Å². The Labute approximate surface area is 119 Å². The summed E-state index contributed by atoms with van der Waals surface area (Å²) >= 11 is 0. The van der Waals surface area contributed by atoms with Gasteiger partial charge in [-0.2, -0.15) is 4.31 Å². The van der Waals surface area contributed by atoms with E-state index in [1.165, 1.54) is 12.1 Å². The van der Waals surface area contributed by atoms with E-state index >= 15 is 0 Å². The standard InChI is InChI=1S/C10H11N5O5S/c11-13-12-7-5-14(6-9(7)16)21(19,20)10-4-2-1-3-8(10)15(17)18/h1-4,7,9,16H,5-6H2/t7-,9-/m0/s1. The van der Waals surface area contributed by atoms with Crippen molar-refractivity contribution in [1.82, 2.24) is 4.31 Å². The van der Waals surface area contributed by atoms with Crippen LogP contribution in [0.5, 0.6) is 0 Å². The molecule has 0 aromatic heterocycles. The monoisotopic (exact) mass is 313 g/mol. The molecule has 1 aliphatic rings. The number of azide groups is 1. The highest BCUT2D eigenvalue weighted by Gasteiger charge is 2.40. The minimum Gasteiger partial charge on any atom is -0.391 e. The number of β-amino-alcohol motifs (C(OH)–C–C–N with tert-alkyl or cyclic N) is 1. The molecule has 0 saturated carbocycles. The molecule has 0 amide bonds. The maximum Gasteiger partial charge on any atom is 0.289 e. The molecule has 2 atom stereocenters. The number of hydrogen-bond acceptors (Lipinski definition) is 6. The zero-order chi connectivity index (χ0) is 15.6. The molecule has 0 unspecified atom stereocenters. The number of hydrogen-bond donors (Lipinski definition) is 1. The summed E-state index contributed by atoms with van der Waals surface area (Å²) in [6.45, 7) is -0.502. The Bertz CT molecular complexity index is 714. The van der Waals surface area contributed by atoms with E-state index in [4.69, 9.17) is 5.53 Å². The van der Waals surface area contributed by atoms with Crippen molar-refractivity contribution < 1.29 is 18.4 Å². The molecule has 0 bridgehead atoms. The van der Waals surface area contributed by atoms with Crippen molar-refractivity contribution >= 4 is 15.7 Å². The lowest BCUT2D eigenvalue weighted by Crippen LogP contribution is -2.30. The molecule has 0 radical (unpaired) electrons. The van der Waals surface area contributed by atoms with Crippen LogP contribution in [0.25, 0.3) is 10.4 Å². The molecule has 0 aliphatic carbocycles. The van der Waals surface area contributed by atoms with Gasteiger partial charge in [0.15, 0.2) is 4.90 Å². The van der Waals surface area contributed by atoms with Gasteiger partial charge in [0.2, 0.25) is 10.0 Å². The van der Waals surface area contributed by atoms with Gasteiger partial charge in [-0.1, -0.05) is 17.2 Å². The van der Waals surface area contributed by atoms with E-state index in [0.717, 1.165) is 16.4 Å². The number of rotatable bonds is 4. The topological polar surface area (TPSA) is 150 Å². The predicted molar refractivity (Wildman–Crippen MR) is 70.8 cm³/mol. The Hall–Kier alpha value is -2.20. The molecule has 1 N–H and O–H groups in total. The van der Waals surface area contributed by atoms with Gasteiger partial charge >= 0.3 is 0 Å². The van der Waals surface area contributed by atoms with Crippen molar-refractivity contribution in [3.63, 3.8) is 0 Å². The highest BCUT2D eigenvalue weighted by molar-refractivity contribution is 7.89. The molecular weight excluding hydrogens is 302 g/mol. The van der Waals surface area contributed by atoms with Crippen LogP contribution < -0.4 is 0 Å². The Morgan fingerprint density at radius 3 is 2.71 bits per heavy atom. The molecule has 1 heterocycles. The van der Waals surface area contributed by atoms with Crippen LogP contribution in [0.4, 0.5) is 5.69 Å². The molecule has 1 aromatic carbocycles. The molecule has 2 rings (SSSR count). The Kier molecular flexibility index (Phi) is 4.09. The summed E-state index contributed by atoms with van der Waals surface area (Å²) < 4.78 is 25.7. The summed E-state index contributed by atoms with van der Waals surface area (Å²) in [5.41, 5.74) is 7.82. The van der Waals surface area contributed by atoms with Crippen LogP contribution in [0.1, 0.15) is 0 Å². The number of benzene rings is 1. The maximum absolute atomic E-state index is 12.4. The summed E-state index contributed by atoms with van der Waals surface area (Å²) in [5, 5.41) is 23.9. The fourth-order valence-corrected chi connectivity index (χ4v) is 3.71. The lowest BCUT2D eigenvalue weighted by molar-refractivity contribution is -0.387. The van der Waals surface area contributed by atoms with Gasteiger partial charge in [0.1, 0.15) is 0 Å². The van der Waals surface area contributed by atoms with Crippen molar-refractivity contribution in [3.8, 4) is 0 Å². The predicted octanol–water partition coefficient (Wildman–Crippen LogP) is 0.639. The quantitative estimate of drug-likeness (QED) is 0.284. The normalized spacial score (nSPS) is 22.7. The largest absolute Gasteiger partial charge is 0.391 e. The van der Waals surface area contributed by atoms with E-state index in [1.54, 1.807) is 0 Å². The van der Waals surface area contributed by atoms with E-state index in [9.17, 15) is 23.6 Å². The van der Waals surface area contributed by atoms with E-state index in [0.29, 0.717) is 0 Å². The summed E-state index contributed by atoms with van der Waals surface area (Å²) in [6.07, 6.45) is -1.14. The van der Waals surface area contributed by atoms with Gasteiger partial charge in [0.25, 0.3) is 5.69 Å². The van der Waals surface area contributed by atoms with E-state index in [1.807, 2.05) is 0 Å². The molecule has 1 saturated heterocycles. The minimum atomic E-state index is -4.15. The molecule has 21 heavy (non-hydrogen) atoms. The number of nitro groups is 1. The maximum atomic E-state index is 12.4. The third-order valence-electron chi connectivity index (χ3n) is 3.11. The molecular formula is C10H11N5O5S. The second-order valence-electron chi connectivity index (χ2n) is 4.39. The summed E-state index contributed by atoms with van der Waals surface area (Å²) in [5.74, 6) is 0. The van der Waals surface area contributed by atoms with E-state index in [2.05, 4.69) is 10.0 Å². The number of nitrogens with zero attached hydrogens (tertiary/aromatic N) is 5. The second-order valence-corrected chi connectivity index (χ2v) is 6.29. The SMILES string of the molecule is [N-]=[N+]=N[C@H]1CN(S(=O)(=O)c2ccccc2[N+](=O)[O-])C[C@@H]1O. The van der Waals surface area contributed by atoms with Gasteiger partial charge in [-0.3, -0.25) is 10.1 Å². The van der Waals surface area contributed by atoms with Crippen molar-refractivity contribution in [1.29, 1.82) is 0 Å². The van der Waals surface area contributed by atoms with Crippen LogP contribution in [0.15, 0.2) is 34.3 Å². The highest BCUT2D eigenvalue weighted by atomic mass is 32.2. The summed E-state index contributed by atoms with van der Waals surface area (Å²) in [7, 11) is -4.15. The van der Waals surface area contributed by atoms with Crippen molar-refractivity contribution in [2.24, 2.45) is 5.11 Å². The van der Waals surface area contributed by atoms with Crippen molar-refractivity contribution in [3.05, 3.63) is 44.8 Å². The first-order valence-corrected chi connectivity index (χ1v) is 7.27. The zero-order valence-electron chi connectivity index (χ0n) is 10.6. The fourth-order valence-electron chi connectivity index (χ4n) is 2.08. The molecule has 10 nitrogen and oxygen atoms in total. The Morgan fingerprint density at radius 1 is 1.43 bits per heavy atom. The van der Waals surface area contributed by atoms with Crippen LogP contribution >= 0.6 is 0 Å². The minimum absolute atomic E-state index is 0.223. The van der Waals surface area contributed by atoms with Gasteiger partial charge in [0, 0.05) is 24.1 Å². The number of aliphatic hydroxyl groups is 1. The van der Waals surface area contributed by atoms with Gasteiger partial charge in [0.05, 0.1) is 17.1 Å². The summed E-state index contributed by atoms with van der Waals surface area (Å²) in [4.78, 5) is 12.2. The average molecular weight is 313 g/mol. The van der Waals surface area contributed by atoms with Crippen LogP contribution in [0.2, 0.25) is 0 Å². The first kappa shape index (κ1) is 15.2. The van der Waals surface area contributed by atoms with Gasteiger partial charge in [-0.05, 0) is 11.6 Å². The van der Waals surface area contributed by atoms with Crippen molar-refractivity contribution in [2.75, 3.05) is 13.1 Å². The third-order valence-corrected chi connectivity index (χ3v) is 4.98. The first-order valence-electron chi connectivity index (χ1n) is 5.83. The van der Waals surface area contributed by atoms with Crippen LogP contribution in [-0.2, 0) is 10.0 Å². The van der Waals surface area contributed by atoms with Gasteiger partial charge in [-0.15, -0.1) is 0 Å². The second kappa shape index (κ2) is 5.66. The number of aliphatic hydroxyl groups excluding tert-OH is 1.